The first kappa shape index (κ1) is 17.5. The predicted molar refractivity (Wildman–Crippen MR) is 99.9 cm³/mol. The number of carbonyl (C=O) groups excluding carboxylic acids is 1. The summed E-state index contributed by atoms with van der Waals surface area (Å²) in [6.07, 6.45) is 5.47. The van der Waals surface area contributed by atoms with Crippen molar-refractivity contribution in [2.24, 2.45) is 5.92 Å². The number of nitrogens with one attached hydrogen (secondary N) is 2. The normalized spacial score (nSPS) is 19.7. The molecule has 6 nitrogen and oxygen atoms in total. The van der Waals surface area contributed by atoms with Gasteiger partial charge in [-0.25, -0.2) is 0 Å². The molecule has 0 unspecified atom stereocenters. The van der Waals surface area contributed by atoms with Crippen LogP contribution in [0.3, 0.4) is 0 Å². The molecule has 1 aliphatic carbocycles. The molecule has 1 aromatic heterocycles. The summed E-state index contributed by atoms with van der Waals surface area (Å²) >= 11 is 5.34. The van der Waals surface area contributed by atoms with Crippen molar-refractivity contribution in [1.82, 2.24) is 14.9 Å². The standard InChI is InChI=1S/C19H23N3O3S/c23-17(16-13-21-18(26)22(16)15-4-2-1-3-5-15)20-12-14-6-8-19(9-7-14)24-10-11-25-19/h1-5,13-14H,6-12H2,(H,20,23)(H,21,26). The monoisotopic (exact) mass is 373 g/mol. The van der Waals surface area contributed by atoms with E-state index in [1.807, 2.05) is 30.3 Å². The molecular weight excluding hydrogens is 350 g/mol. The molecule has 2 aromatic rings. The average Bonchev–Trinajstić information content (AvgIpc) is 3.29. The third-order valence-electron chi connectivity index (χ3n) is 5.26. The van der Waals surface area contributed by atoms with Gasteiger partial charge >= 0.3 is 0 Å². The zero-order valence-electron chi connectivity index (χ0n) is 14.6. The Balaban J connectivity index is 1.38. The maximum Gasteiger partial charge on any atom is 0.269 e. The second-order valence-corrected chi connectivity index (χ2v) is 7.30. The molecule has 2 N–H and O–H groups in total. The van der Waals surface area contributed by atoms with Gasteiger partial charge in [0.15, 0.2) is 10.6 Å². The van der Waals surface area contributed by atoms with E-state index in [0.29, 0.717) is 36.1 Å². The van der Waals surface area contributed by atoms with Crippen LogP contribution < -0.4 is 5.32 Å². The summed E-state index contributed by atoms with van der Waals surface area (Å²) in [6.45, 7) is 2.04. The lowest BCUT2D eigenvalue weighted by Gasteiger charge is -2.35. The van der Waals surface area contributed by atoms with Crippen molar-refractivity contribution in [3.8, 4) is 5.69 Å². The minimum atomic E-state index is -0.352. The van der Waals surface area contributed by atoms with Gasteiger partial charge in [-0.05, 0) is 43.1 Å². The van der Waals surface area contributed by atoms with E-state index >= 15 is 0 Å². The Hall–Kier alpha value is -1.96. The van der Waals surface area contributed by atoms with Gasteiger partial charge in [0.05, 0.1) is 13.2 Å². The van der Waals surface area contributed by atoms with Gasteiger partial charge in [0, 0.05) is 31.3 Å². The first-order valence-electron chi connectivity index (χ1n) is 9.09. The summed E-state index contributed by atoms with van der Waals surface area (Å²) in [6, 6.07) is 9.66. The fraction of sp³-hybridized carbons (Fsp3) is 0.474. The van der Waals surface area contributed by atoms with E-state index in [1.54, 1.807) is 10.8 Å². The van der Waals surface area contributed by atoms with E-state index in [9.17, 15) is 4.79 Å². The smallest absolute Gasteiger partial charge is 0.269 e. The largest absolute Gasteiger partial charge is 0.350 e. The molecule has 1 spiro atoms. The lowest BCUT2D eigenvalue weighted by atomic mass is 9.85. The molecule has 2 fully saturated rings. The number of nitrogens with zero attached hydrogens (tertiary/aromatic N) is 1. The van der Waals surface area contributed by atoms with Crippen LogP contribution in [-0.4, -0.2) is 41.0 Å². The van der Waals surface area contributed by atoms with Gasteiger partial charge in [-0.15, -0.1) is 0 Å². The number of aromatic amines is 1. The molecule has 1 aromatic carbocycles. The highest BCUT2D eigenvalue weighted by molar-refractivity contribution is 7.71. The first-order chi connectivity index (χ1) is 12.7. The Kier molecular flexibility index (Phi) is 4.93. The lowest BCUT2D eigenvalue weighted by Crippen LogP contribution is -2.39. The number of H-pyrrole nitrogens is 1. The quantitative estimate of drug-likeness (QED) is 0.808. The predicted octanol–water partition coefficient (Wildman–Crippen LogP) is 3.20. The van der Waals surface area contributed by atoms with Crippen LogP contribution in [-0.2, 0) is 9.47 Å². The van der Waals surface area contributed by atoms with E-state index in [4.69, 9.17) is 21.7 Å². The number of imidazole rings is 1. The van der Waals surface area contributed by atoms with Crippen molar-refractivity contribution in [1.29, 1.82) is 0 Å². The molecule has 138 valence electrons. The van der Waals surface area contributed by atoms with Crippen LogP contribution in [0.1, 0.15) is 36.2 Å². The van der Waals surface area contributed by atoms with Crippen molar-refractivity contribution in [2.45, 2.75) is 31.5 Å². The number of ether oxygens (including phenoxy) is 2. The molecule has 0 atom stereocenters. The van der Waals surface area contributed by atoms with Crippen molar-refractivity contribution in [3.05, 3.63) is 47.0 Å². The third kappa shape index (κ3) is 3.47. The van der Waals surface area contributed by atoms with Crippen LogP contribution >= 0.6 is 12.2 Å². The van der Waals surface area contributed by atoms with E-state index in [0.717, 1.165) is 31.4 Å². The maximum atomic E-state index is 12.7. The van der Waals surface area contributed by atoms with Crippen molar-refractivity contribution < 1.29 is 14.3 Å². The summed E-state index contributed by atoms with van der Waals surface area (Å²) in [7, 11) is 0. The van der Waals surface area contributed by atoms with Crippen LogP contribution in [0.2, 0.25) is 0 Å². The molecule has 2 heterocycles. The second kappa shape index (κ2) is 7.34. The maximum absolute atomic E-state index is 12.7. The third-order valence-corrected chi connectivity index (χ3v) is 5.56. The summed E-state index contributed by atoms with van der Waals surface area (Å²) in [5.41, 5.74) is 1.40. The minimum absolute atomic E-state index is 0.116. The number of hydrogen-bond donors (Lipinski definition) is 2. The number of benzene rings is 1. The van der Waals surface area contributed by atoms with Gasteiger partial charge < -0.3 is 19.8 Å². The summed E-state index contributed by atoms with van der Waals surface area (Å²) in [5.74, 6) is -0.0198. The van der Waals surface area contributed by atoms with Crippen LogP contribution in [0.25, 0.3) is 5.69 Å². The molecule has 1 saturated heterocycles. The Morgan fingerprint density at radius 3 is 2.62 bits per heavy atom. The van der Waals surface area contributed by atoms with E-state index in [1.165, 1.54) is 0 Å². The second-order valence-electron chi connectivity index (χ2n) is 6.91. The number of carbonyl (C=O) groups is 1. The van der Waals surface area contributed by atoms with Crippen LogP contribution in [0.15, 0.2) is 36.5 Å². The van der Waals surface area contributed by atoms with Gasteiger partial charge in [0.25, 0.3) is 5.91 Å². The number of para-hydroxylation sites is 1. The molecule has 1 saturated carbocycles. The Labute approximate surface area is 157 Å². The highest BCUT2D eigenvalue weighted by Gasteiger charge is 2.40. The Morgan fingerprint density at radius 2 is 1.92 bits per heavy atom. The number of aromatic nitrogens is 2. The number of hydrogen-bond acceptors (Lipinski definition) is 4. The van der Waals surface area contributed by atoms with Gasteiger partial charge in [-0.2, -0.15) is 0 Å². The van der Waals surface area contributed by atoms with Crippen molar-refractivity contribution >= 4 is 18.1 Å². The van der Waals surface area contributed by atoms with Crippen molar-refractivity contribution in [3.63, 3.8) is 0 Å². The van der Waals surface area contributed by atoms with E-state index < -0.39 is 0 Å². The van der Waals surface area contributed by atoms with Crippen LogP contribution in [0.5, 0.6) is 0 Å². The summed E-state index contributed by atoms with van der Waals surface area (Å²) < 4.78 is 13.8. The number of rotatable bonds is 4. The van der Waals surface area contributed by atoms with Gasteiger partial charge in [0.1, 0.15) is 5.69 Å². The SMILES string of the molecule is O=C(NCC1CCC2(CC1)OCCO2)c1c[nH]c(=S)n1-c1ccccc1. The topological polar surface area (TPSA) is 68.3 Å². The Morgan fingerprint density at radius 1 is 1.23 bits per heavy atom. The van der Waals surface area contributed by atoms with E-state index in [2.05, 4.69) is 10.3 Å². The molecular formula is C19H23N3O3S. The van der Waals surface area contributed by atoms with Crippen LogP contribution in [0, 0.1) is 10.7 Å². The van der Waals surface area contributed by atoms with Gasteiger partial charge in [0.2, 0.25) is 0 Å². The zero-order chi connectivity index (χ0) is 18.0. The summed E-state index contributed by atoms with van der Waals surface area (Å²) in [5, 5.41) is 3.06. The molecule has 2 aliphatic rings. The average molecular weight is 373 g/mol. The molecule has 0 radical (unpaired) electrons. The van der Waals surface area contributed by atoms with Gasteiger partial charge in [-0.3, -0.25) is 9.36 Å². The molecule has 7 heteroatoms. The first-order valence-corrected chi connectivity index (χ1v) is 9.50. The molecule has 4 rings (SSSR count). The van der Waals surface area contributed by atoms with Crippen molar-refractivity contribution in [2.75, 3.05) is 19.8 Å². The summed E-state index contributed by atoms with van der Waals surface area (Å²) in [4.78, 5) is 15.7. The van der Waals surface area contributed by atoms with Crippen LogP contribution in [0.4, 0.5) is 0 Å². The minimum Gasteiger partial charge on any atom is -0.350 e. The molecule has 1 amide bonds. The fourth-order valence-electron chi connectivity index (χ4n) is 3.80. The highest BCUT2D eigenvalue weighted by Crippen LogP contribution is 2.37. The zero-order valence-corrected chi connectivity index (χ0v) is 15.4. The Bertz CT molecular complexity index is 814. The molecule has 1 aliphatic heterocycles. The highest BCUT2D eigenvalue weighted by atomic mass is 32.1. The van der Waals surface area contributed by atoms with Gasteiger partial charge in [-0.1, -0.05) is 18.2 Å². The lowest BCUT2D eigenvalue weighted by molar-refractivity contribution is -0.182. The number of amides is 1. The van der Waals surface area contributed by atoms with E-state index in [-0.39, 0.29) is 11.7 Å². The fourth-order valence-corrected chi connectivity index (χ4v) is 4.07. The molecule has 0 bridgehead atoms. The molecule has 26 heavy (non-hydrogen) atoms.